The maximum absolute atomic E-state index is 13.5. The van der Waals surface area contributed by atoms with Crippen LogP contribution in [0.3, 0.4) is 0 Å². The largest absolute Gasteiger partial charge is 0.336 e. The van der Waals surface area contributed by atoms with Gasteiger partial charge in [0.25, 0.3) is 5.56 Å². The Kier molecular flexibility index (Phi) is 4.62. The standard InChI is InChI=1S/C26H23N3O3S/c30-23-21-19-11-14-28(24(31)26(12-13-26)18-9-5-2-6-10-18)16-20(19)33-22(21)27-25(32)29(23)15-17-7-3-1-4-8-17/h1-10H,11-16H2,(H,27,32). The van der Waals surface area contributed by atoms with Gasteiger partial charge in [-0.2, -0.15) is 0 Å². The lowest BCUT2D eigenvalue weighted by Crippen LogP contribution is -2.42. The molecule has 3 heterocycles. The maximum Gasteiger partial charge on any atom is 0.329 e. The number of nitrogens with zero attached hydrogens (tertiary/aromatic N) is 2. The number of thiophene rings is 1. The zero-order valence-electron chi connectivity index (χ0n) is 18.0. The SMILES string of the molecule is O=C(N1CCc2c(sc3[nH]c(=O)n(Cc4ccccc4)c(=O)c23)C1)C1(c2ccccc2)CC1. The first-order valence-electron chi connectivity index (χ1n) is 11.2. The third-order valence-corrected chi connectivity index (χ3v) is 8.07. The molecule has 2 aromatic heterocycles. The zero-order chi connectivity index (χ0) is 22.6. The Balaban J connectivity index is 1.34. The first-order chi connectivity index (χ1) is 16.1. The van der Waals surface area contributed by atoms with E-state index in [4.69, 9.17) is 0 Å². The average Bonchev–Trinajstić information content (AvgIpc) is 3.58. The van der Waals surface area contributed by atoms with E-state index >= 15 is 0 Å². The number of amides is 1. The highest BCUT2D eigenvalue weighted by molar-refractivity contribution is 7.18. The second-order valence-electron chi connectivity index (χ2n) is 8.94. The van der Waals surface area contributed by atoms with Crippen LogP contribution in [0.15, 0.2) is 70.3 Å². The molecule has 0 unspecified atom stereocenters. The Morgan fingerprint density at radius 2 is 1.70 bits per heavy atom. The van der Waals surface area contributed by atoms with E-state index < -0.39 is 11.1 Å². The van der Waals surface area contributed by atoms with Crippen molar-refractivity contribution in [3.8, 4) is 0 Å². The molecule has 1 amide bonds. The number of hydrogen-bond acceptors (Lipinski definition) is 4. The van der Waals surface area contributed by atoms with Crippen molar-refractivity contribution in [3.05, 3.63) is 103 Å². The van der Waals surface area contributed by atoms with Crippen LogP contribution in [0.2, 0.25) is 0 Å². The summed E-state index contributed by atoms with van der Waals surface area (Å²) < 4.78 is 1.27. The lowest BCUT2D eigenvalue weighted by Gasteiger charge is -2.31. The van der Waals surface area contributed by atoms with Crippen molar-refractivity contribution < 1.29 is 4.79 Å². The molecular formula is C26H23N3O3S. The number of carbonyl (C=O) groups excluding carboxylic acids is 1. The van der Waals surface area contributed by atoms with Gasteiger partial charge in [-0.3, -0.25) is 19.1 Å². The van der Waals surface area contributed by atoms with Crippen molar-refractivity contribution in [1.82, 2.24) is 14.5 Å². The van der Waals surface area contributed by atoms with Crippen LogP contribution in [0.5, 0.6) is 0 Å². The Hall–Kier alpha value is -3.45. The van der Waals surface area contributed by atoms with Crippen LogP contribution in [-0.2, 0) is 29.7 Å². The number of aromatic nitrogens is 2. The molecule has 0 radical (unpaired) electrons. The van der Waals surface area contributed by atoms with Crippen LogP contribution in [0.25, 0.3) is 10.2 Å². The van der Waals surface area contributed by atoms with Gasteiger partial charge in [-0.1, -0.05) is 60.7 Å². The third kappa shape index (κ3) is 3.26. The summed E-state index contributed by atoms with van der Waals surface area (Å²) in [5.74, 6) is 0.173. The van der Waals surface area contributed by atoms with Gasteiger partial charge in [-0.25, -0.2) is 4.79 Å². The molecule has 6 rings (SSSR count). The van der Waals surface area contributed by atoms with E-state index in [9.17, 15) is 14.4 Å². The van der Waals surface area contributed by atoms with E-state index in [-0.39, 0.29) is 18.0 Å². The average molecular weight is 458 g/mol. The maximum atomic E-state index is 13.5. The Labute approximate surface area is 194 Å². The minimum atomic E-state index is -0.399. The van der Waals surface area contributed by atoms with E-state index in [1.165, 1.54) is 15.9 Å². The summed E-state index contributed by atoms with van der Waals surface area (Å²) >= 11 is 1.43. The number of rotatable bonds is 4. The highest BCUT2D eigenvalue weighted by atomic mass is 32.1. The molecule has 6 nitrogen and oxygen atoms in total. The number of hydrogen-bond donors (Lipinski definition) is 1. The lowest BCUT2D eigenvalue weighted by molar-refractivity contribution is -0.134. The molecule has 0 bridgehead atoms. The van der Waals surface area contributed by atoms with Gasteiger partial charge in [-0.05, 0) is 36.0 Å². The van der Waals surface area contributed by atoms with Crippen LogP contribution in [-0.4, -0.2) is 26.9 Å². The summed E-state index contributed by atoms with van der Waals surface area (Å²) in [6.45, 7) is 1.31. The molecule has 1 N–H and O–H groups in total. The highest BCUT2D eigenvalue weighted by Gasteiger charge is 2.53. The second-order valence-corrected chi connectivity index (χ2v) is 10.0. The fraction of sp³-hybridized carbons (Fsp3) is 0.269. The number of carbonyl (C=O) groups is 1. The molecular weight excluding hydrogens is 434 g/mol. The molecule has 4 aromatic rings. The van der Waals surface area contributed by atoms with Crippen molar-refractivity contribution in [1.29, 1.82) is 0 Å². The van der Waals surface area contributed by atoms with Crippen molar-refractivity contribution in [2.45, 2.75) is 37.8 Å². The predicted molar refractivity (Wildman–Crippen MR) is 129 cm³/mol. The van der Waals surface area contributed by atoms with Crippen molar-refractivity contribution >= 4 is 27.5 Å². The summed E-state index contributed by atoms with van der Waals surface area (Å²) in [6, 6.07) is 19.5. The molecule has 1 saturated carbocycles. The lowest BCUT2D eigenvalue weighted by atomic mass is 9.93. The van der Waals surface area contributed by atoms with Crippen LogP contribution in [0.4, 0.5) is 0 Å². The molecule has 2 aliphatic rings. The second kappa shape index (κ2) is 7.56. The highest BCUT2D eigenvalue weighted by Crippen LogP contribution is 2.50. The smallest absolute Gasteiger partial charge is 0.329 e. The van der Waals surface area contributed by atoms with E-state index in [1.54, 1.807) is 0 Å². The molecule has 1 aliphatic carbocycles. The molecule has 33 heavy (non-hydrogen) atoms. The Morgan fingerprint density at radius 3 is 2.39 bits per heavy atom. The molecule has 0 spiro atoms. The number of nitrogens with one attached hydrogen (secondary N) is 1. The normalized spacial score (nSPS) is 16.5. The summed E-state index contributed by atoms with van der Waals surface area (Å²) in [5.41, 5.74) is 1.92. The van der Waals surface area contributed by atoms with Crippen LogP contribution in [0, 0.1) is 0 Å². The van der Waals surface area contributed by atoms with Crippen molar-refractivity contribution in [2.75, 3.05) is 6.54 Å². The Morgan fingerprint density at radius 1 is 1.00 bits per heavy atom. The quantitative estimate of drug-likeness (QED) is 0.510. The molecule has 166 valence electrons. The van der Waals surface area contributed by atoms with Gasteiger partial charge in [0.1, 0.15) is 4.83 Å². The molecule has 1 fully saturated rings. The van der Waals surface area contributed by atoms with Gasteiger partial charge < -0.3 is 4.90 Å². The third-order valence-electron chi connectivity index (χ3n) is 6.94. The summed E-state index contributed by atoms with van der Waals surface area (Å²) in [5, 5.41) is 0.599. The summed E-state index contributed by atoms with van der Waals surface area (Å²) in [6.07, 6.45) is 2.38. The van der Waals surface area contributed by atoms with Crippen molar-refractivity contribution in [3.63, 3.8) is 0 Å². The minimum Gasteiger partial charge on any atom is -0.336 e. The monoisotopic (exact) mass is 457 g/mol. The predicted octanol–water partition coefficient (Wildman–Crippen LogP) is 3.42. The van der Waals surface area contributed by atoms with Crippen LogP contribution >= 0.6 is 11.3 Å². The van der Waals surface area contributed by atoms with Gasteiger partial charge >= 0.3 is 5.69 Å². The molecule has 0 saturated heterocycles. The van der Waals surface area contributed by atoms with E-state index in [0.29, 0.717) is 29.7 Å². The number of fused-ring (bicyclic) bond motifs is 3. The first kappa shape index (κ1) is 20.2. The molecule has 0 atom stereocenters. The van der Waals surface area contributed by atoms with Crippen LogP contribution in [0.1, 0.15) is 34.4 Å². The molecule has 1 aliphatic heterocycles. The minimum absolute atomic E-state index is 0.173. The fourth-order valence-electron chi connectivity index (χ4n) is 5.00. The molecule has 2 aromatic carbocycles. The molecule has 7 heteroatoms. The summed E-state index contributed by atoms with van der Waals surface area (Å²) in [7, 11) is 0. The number of H-pyrrole nitrogens is 1. The van der Waals surface area contributed by atoms with Gasteiger partial charge in [0, 0.05) is 11.4 Å². The Bertz CT molecular complexity index is 1480. The van der Waals surface area contributed by atoms with Crippen LogP contribution < -0.4 is 11.2 Å². The van der Waals surface area contributed by atoms with Gasteiger partial charge in [0.05, 0.1) is 23.9 Å². The summed E-state index contributed by atoms with van der Waals surface area (Å²) in [4.78, 5) is 46.0. The fourth-order valence-corrected chi connectivity index (χ4v) is 6.25. The zero-order valence-corrected chi connectivity index (χ0v) is 18.9. The van der Waals surface area contributed by atoms with E-state index in [0.717, 1.165) is 34.4 Å². The van der Waals surface area contributed by atoms with E-state index in [2.05, 4.69) is 4.98 Å². The van der Waals surface area contributed by atoms with E-state index in [1.807, 2.05) is 65.6 Å². The van der Waals surface area contributed by atoms with Gasteiger partial charge in [0.15, 0.2) is 0 Å². The number of aromatic amines is 1. The number of benzene rings is 2. The first-order valence-corrected chi connectivity index (χ1v) is 12.0. The van der Waals surface area contributed by atoms with Crippen molar-refractivity contribution in [2.24, 2.45) is 0 Å². The topological polar surface area (TPSA) is 75.2 Å². The van der Waals surface area contributed by atoms with Gasteiger partial charge in [-0.15, -0.1) is 11.3 Å². The van der Waals surface area contributed by atoms with Gasteiger partial charge in [0.2, 0.25) is 5.91 Å².